The molecule has 0 unspecified atom stereocenters. The average Bonchev–Trinajstić information content (AvgIpc) is 2.63. The van der Waals surface area contributed by atoms with Gasteiger partial charge < -0.3 is 16.4 Å². The van der Waals surface area contributed by atoms with Crippen molar-refractivity contribution in [3.05, 3.63) is 42.5 Å². The van der Waals surface area contributed by atoms with E-state index in [0.717, 1.165) is 10.8 Å². The molecular weight excluding hydrogens is 344 g/mol. The van der Waals surface area contributed by atoms with E-state index in [4.69, 9.17) is 11.5 Å². The van der Waals surface area contributed by atoms with Gasteiger partial charge in [-0.05, 0) is 42.7 Å². The van der Waals surface area contributed by atoms with Crippen molar-refractivity contribution in [2.45, 2.75) is 31.8 Å². The maximum Gasteiger partial charge on any atom is 0.338 e. The minimum Gasteiger partial charge on any atom is -0.348 e. The Morgan fingerprint density at radius 3 is 2.48 bits per heavy atom. The summed E-state index contributed by atoms with van der Waals surface area (Å²) in [6, 6.07) is 12.5. The van der Waals surface area contributed by atoms with Crippen LogP contribution in [0.4, 0.5) is 5.69 Å². The molecule has 27 heavy (non-hydrogen) atoms. The Hall–Kier alpha value is -3.13. The van der Waals surface area contributed by atoms with Gasteiger partial charge in [-0.1, -0.05) is 30.3 Å². The lowest BCUT2D eigenvalue weighted by Gasteiger charge is -2.18. The molecule has 2 aromatic carbocycles. The summed E-state index contributed by atoms with van der Waals surface area (Å²) in [6.07, 6.45) is 1.05. The van der Waals surface area contributed by atoms with Gasteiger partial charge in [0.05, 0.1) is 6.54 Å². The maximum atomic E-state index is 12.7. The smallest absolute Gasteiger partial charge is 0.338 e. The lowest BCUT2D eigenvalue weighted by molar-refractivity contribution is -0.459. The van der Waals surface area contributed by atoms with Crippen molar-refractivity contribution in [2.24, 2.45) is 11.5 Å². The molecule has 0 radical (unpaired) electrons. The minimum atomic E-state index is -0.672. The zero-order valence-corrected chi connectivity index (χ0v) is 15.5. The number of carbonyl (C=O) groups excluding carboxylic acids is 2. The fourth-order valence-electron chi connectivity index (χ4n) is 2.62. The standard InChI is InChI=1S/C19H26N6O2/c1-12(20)17(26)25-16(7-4-10-23-19(21)22)18(27)24-15-9-8-13-5-2-3-6-14(13)11-15/h2-3,5-6,8-9,11-12,16H,4,7,10,20H2,1H3,(H,24,27)(H,25,26)(H4,21,22,23)/p+2/t12-,16-/m0/s1. The van der Waals surface area contributed by atoms with Crippen LogP contribution in [0.25, 0.3) is 10.8 Å². The molecule has 0 heterocycles. The van der Waals surface area contributed by atoms with E-state index in [2.05, 4.69) is 21.4 Å². The Morgan fingerprint density at radius 1 is 1.11 bits per heavy atom. The van der Waals surface area contributed by atoms with Crippen LogP contribution in [-0.4, -0.2) is 36.4 Å². The van der Waals surface area contributed by atoms with Crippen LogP contribution >= 0.6 is 0 Å². The number of nitrogens with one attached hydrogen (secondary N) is 3. The second-order valence-electron chi connectivity index (χ2n) is 6.54. The van der Waals surface area contributed by atoms with Crippen molar-refractivity contribution in [2.75, 3.05) is 11.9 Å². The molecule has 2 atom stereocenters. The van der Waals surface area contributed by atoms with E-state index < -0.39 is 12.1 Å². The summed E-state index contributed by atoms with van der Waals surface area (Å²) < 4.78 is 0. The predicted octanol–water partition coefficient (Wildman–Crippen LogP) is -1.97. The topological polar surface area (TPSA) is 152 Å². The van der Waals surface area contributed by atoms with E-state index in [1.807, 2.05) is 42.5 Å². The van der Waals surface area contributed by atoms with Crippen LogP contribution in [0.2, 0.25) is 0 Å². The predicted molar refractivity (Wildman–Crippen MR) is 105 cm³/mol. The van der Waals surface area contributed by atoms with E-state index in [1.165, 1.54) is 0 Å². The van der Waals surface area contributed by atoms with Crippen LogP contribution in [-0.2, 0) is 9.59 Å². The molecule has 0 saturated heterocycles. The van der Waals surface area contributed by atoms with Crippen molar-refractivity contribution in [3.63, 3.8) is 0 Å². The van der Waals surface area contributed by atoms with Gasteiger partial charge in [0.15, 0.2) is 6.04 Å². The van der Waals surface area contributed by atoms with Gasteiger partial charge in [0, 0.05) is 5.69 Å². The fraction of sp³-hybridized carbons (Fsp3) is 0.316. The summed E-state index contributed by atoms with van der Waals surface area (Å²) in [7, 11) is 0. The minimum absolute atomic E-state index is 0.127. The number of guanidine groups is 1. The molecule has 8 heteroatoms. The van der Waals surface area contributed by atoms with Crippen molar-refractivity contribution in [3.8, 4) is 0 Å². The first-order valence-electron chi connectivity index (χ1n) is 8.91. The highest BCUT2D eigenvalue weighted by Crippen LogP contribution is 2.19. The molecule has 0 fully saturated rings. The number of hydrogen-bond acceptors (Lipinski definition) is 2. The van der Waals surface area contributed by atoms with Gasteiger partial charge >= 0.3 is 5.96 Å². The van der Waals surface area contributed by atoms with Crippen molar-refractivity contribution < 1.29 is 20.3 Å². The number of quaternary nitrogens is 1. The quantitative estimate of drug-likeness (QED) is 0.181. The van der Waals surface area contributed by atoms with Crippen LogP contribution in [0.15, 0.2) is 42.5 Å². The van der Waals surface area contributed by atoms with Crippen molar-refractivity contribution >= 4 is 34.2 Å². The van der Waals surface area contributed by atoms with Crippen molar-refractivity contribution in [1.82, 2.24) is 5.32 Å². The highest BCUT2D eigenvalue weighted by Gasteiger charge is 2.23. The molecule has 10 N–H and O–H groups in total. The Labute approximate surface area is 158 Å². The summed E-state index contributed by atoms with van der Waals surface area (Å²) in [4.78, 5) is 27.5. The third-order valence-corrected chi connectivity index (χ3v) is 4.10. The third-order valence-electron chi connectivity index (χ3n) is 4.10. The molecule has 0 aromatic heterocycles. The van der Waals surface area contributed by atoms with Gasteiger partial charge in [-0.2, -0.15) is 0 Å². The number of fused-ring (bicyclic) bond motifs is 1. The molecule has 8 nitrogen and oxygen atoms in total. The zero-order chi connectivity index (χ0) is 19.8. The zero-order valence-electron chi connectivity index (χ0n) is 15.5. The highest BCUT2D eigenvalue weighted by atomic mass is 16.2. The first kappa shape index (κ1) is 20.2. The van der Waals surface area contributed by atoms with E-state index in [1.54, 1.807) is 6.92 Å². The number of anilines is 1. The van der Waals surface area contributed by atoms with Gasteiger partial charge in [0.2, 0.25) is 5.91 Å². The molecular formula is C19H28N6O2+2. The molecule has 0 aliphatic carbocycles. The van der Waals surface area contributed by atoms with Gasteiger partial charge in [-0.25, -0.2) is 0 Å². The fourth-order valence-corrected chi connectivity index (χ4v) is 2.62. The SMILES string of the molecule is C[C@H]([NH3+])C(=O)N[C@@H](CCC[NH+]=C(N)N)C(=O)Nc1ccc2ccccc2c1. The Kier molecular flexibility index (Phi) is 7.13. The van der Waals surface area contributed by atoms with Crippen LogP contribution in [0.1, 0.15) is 19.8 Å². The van der Waals surface area contributed by atoms with Gasteiger partial charge in [-0.15, -0.1) is 0 Å². The number of hydrogen-bond donors (Lipinski definition) is 6. The normalized spacial score (nSPS) is 12.8. The first-order valence-corrected chi connectivity index (χ1v) is 8.91. The summed E-state index contributed by atoms with van der Waals surface area (Å²) in [5.74, 6) is -0.418. The maximum absolute atomic E-state index is 12.7. The molecule has 0 bridgehead atoms. The second-order valence-corrected chi connectivity index (χ2v) is 6.54. The largest absolute Gasteiger partial charge is 0.348 e. The Bertz CT molecular complexity index is 830. The summed E-state index contributed by atoms with van der Waals surface area (Å²) >= 11 is 0. The Morgan fingerprint density at radius 2 is 1.81 bits per heavy atom. The van der Waals surface area contributed by atoms with E-state index in [-0.39, 0.29) is 17.8 Å². The summed E-state index contributed by atoms with van der Waals surface area (Å²) in [5.41, 5.74) is 15.1. The molecule has 2 rings (SSSR count). The summed E-state index contributed by atoms with van der Waals surface area (Å²) in [6.45, 7) is 2.19. The van der Waals surface area contributed by atoms with Crippen LogP contribution in [0.3, 0.4) is 0 Å². The monoisotopic (exact) mass is 372 g/mol. The molecule has 2 aromatic rings. The van der Waals surface area contributed by atoms with Gasteiger partial charge in [0.25, 0.3) is 5.91 Å². The van der Waals surface area contributed by atoms with E-state index in [9.17, 15) is 9.59 Å². The molecule has 0 aliphatic heterocycles. The van der Waals surface area contributed by atoms with Crippen LogP contribution in [0, 0.1) is 0 Å². The number of carbonyl (C=O) groups is 2. The highest BCUT2D eigenvalue weighted by molar-refractivity contribution is 5.99. The second kappa shape index (κ2) is 9.54. The van der Waals surface area contributed by atoms with Gasteiger partial charge in [-0.3, -0.25) is 26.0 Å². The van der Waals surface area contributed by atoms with Gasteiger partial charge in [0.1, 0.15) is 6.04 Å². The molecule has 0 aliphatic rings. The Balaban J connectivity index is 2.07. The molecule has 0 spiro atoms. The van der Waals surface area contributed by atoms with Crippen LogP contribution < -0.4 is 32.8 Å². The average molecular weight is 372 g/mol. The third kappa shape index (κ3) is 6.27. The lowest BCUT2D eigenvalue weighted by atomic mass is 10.1. The lowest BCUT2D eigenvalue weighted by Crippen LogP contribution is -2.78. The molecule has 144 valence electrons. The number of amides is 2. The summed E-state index contributed by atoms with van der Waals surface area (Å²) in [5, 5.41) is 7.75. The molecule has 0 saturated carbocycles. The van der Waals surface area contributed by atoms with Crippen LogP contribution in [0.5, 0.6) is 0 Å². The van der Waals surface area contributed by atoms with Crippen molar-refractivity contribution in [1.29, 1.82) is 0 Å². The molecule has 2 amide bonds. The van der Waals surface area contributed by atoms with E-state index >= 15 is 0 Å². The van der Waals surface area contributed by atoms with E-state index in [0.29, 0.717) is 25.1 Å². The number of nitrogens with two attached hydrogens (primary N) is 2. The number of benzene rings is 2. The first-order chi connectivity index (χ1) is 12.9. The number of rotatable bonds is 8.